The number of halogens is 1. The van der Waals surface area contributed by atoms with Crippen molar-refractivity contribution in [2.24, 2.45) is 5.92 Å². The largest absolute Gasteiger partial charge is 0.466 e. The monoisotopic (exact) mass is 519 g/mol. The summed E-state index contributed by atoms with van der Waals surface area (Å²) in [6, 6.07) is 9.08. The summed E-state index contributed by atoms with van der Waals surface area (Å²) in [4.78, 5) is 25.6. The first-order chi connectivity index (χ1) is 17.9. The molecule has 2 aromatic heterocycles. The molecule has 0 bridgehead atoms. The second kappa shape index (κ2) is 9.26. The van der Waals surface area contributed by atoms with Crippen molar-refractivity contribution in [3.63, 3.8) is 0 Å². The maximum absolute atomic E-state index is 14.2. The number of fused-ring (bicyclic) bond motifs is 2. The fourth-order valence-electron chi connectivity index (χ4n) is 5.33. The van der Waals surface area contributed by atoms with Gasteiger partial charge >= 0.3 is 12.1 Å². The zero-order valence-corrected chi connectivity index (χ0v) is 23.0. The molecule has 0 saturated heterocycles. The van der Waals surface area contributed by atoms with Gasteiger partial charge in [-0.1, -0.05) is 13.8 Å². The third-order valence-electron chi connectivity index (χ3n) is 7.00. The zero-order valence-electron chi connectivity index (χ0n) is 23.0. The SMILES string of the molecule is CCOC(=O)[C@@H]1C[C@H]1c1c(C(C)C)n(-c2ccc(F)c(C)c2)c2cc3cnn(C(=O)OC(C)(C)C)c3cc12. The Morgan fingerprint density at radius 3 is 2.53 bits per heavy atom. The molecule has 0 N–H and O–H groups in total. The van der Waals surface area contributed by atoms with Crippen LogP contribution >= 0.6 is 0 Å². The van der Waals surface area contributed by atoms with Crippen LogP contribution in [-0.4, -0.2) is 38.6 Å². The lowest BCUT2D eigenvalue weighted by Gasteiger charge is -2.19. The first kappa shape index (κ1) is 25.9. The molecule has 0 spiro atoms. The molecule has 7 nitrogen and oxygen atoms in total. The Hall–Kier alpha value is -3.68. The molecular formula is C30H34FN3O4. The van der Waals surface area contributed by atoms with Crippen LogP contribution in [0.5, 0.6) is 0 Å². The predicted octanol–water partition coefficient (Wildman–Crippen LogP) is 7.00. The van der Waals surface area contributed by atoms with E-state index in [-0.39, 0.29) is 29.5 Å². The summed E-state index contributed by atoms with van der Waals surface area (Å²) in [7, 11) is 0. The summed E-state index contributed by atoms with van der Waals surface area (Å²) >= 11 is 0. The second-order valence-corrected chi connectivity index (χ2v) is 11.4. The van der Waals surface area contributed by atoms with Crippen LogP contribution in [0.25, 0.3) is 27.5 Å². The maximum Gasteiger partial charge on any atom is 0.435 e. The Bertz CT molecular complexity index is 1570. The third kappa shape index (κ3) is 4.46. The van der Waals surface area contributed by atoms with Gasteiger partial charge in [0.05, 0.1) is 29.8 Å². The van der Waals surface area contributed by atoms with Gasteiger partial charge in [0.15, 0.2) is 0 Å². The number of benzene rings is 2. The number of rotatable bonds is 5. The quantitative estimate of drug-likeness (QED) is 0.265. The number of aryl methyl sites for hydroxylation is 1. The molecule has 38 heavy (non-hydrogen) atoms. The maximum atomic E-state index is 14.2. The lowest BCUT2D eigenvalue weighted by atomic mass is 9.98. The van der Waals surface area contributed by atoms with E-state index < -0.39 is 11.7 Å². The van der Waals surface area contributed by atoms with Crippen LogP contribution < -0.4 is 0 Å². The number of nitrogens with zero attached hydrogens (tertiary/aromatic N) is 3. The number of aromatic nitrogens is 3. The Labute approximate surface area is 221 Å². The van der Waals surface area contributed by atoms with Crippen LogP contribution in [0.3, 0.4) is 0 Å². The zero-order chi connectivity index (χ0) is 27.5. The van der Waals surface area contributed by atoms with Crippen molar-refractivity contribution in [1.29, 1.82) is 0 Å². The van der Waals surface area contributed by atoms with Crippen molar-refractivity contribution in [3.05, 3.63) is 59.2 Å². The van der Waals surface area contributed by atoms with E-state index in [0.717, 1.165) is 33.2 Å². The van der Waals surface area contributed by atoms with E-state index in [0.29, 0.717) is 24.1 Å². The molecule has 200 valence electrons. The van der Waals surface area contributed by atoms with Crippen molar-refractivity contribution >= 4 is 33.9 Å². The molecule has 5 rings (SSSR count). The summed E-state index contributed by atoms with van der Waals surface area (Å²) in [6.45, 7) is 13.6. The fourth-order valence-corrected chi connectivity index (χ4v) is 5.33. The topological polar surface area (TPSA) is 75.4 Å². The van der Waals surface area contributed by atoms with Gasteiger partial charge in [-0.3, -0.25) is 4.79 Å². The molecule has 4 aromatic rings. The minimum atomic E-state index is -0.667. The van der Waals surface area contributed by atoms with Gasteiger partial charge in [0, 0.05) is 28.1 Å². The average Bonchev–Trinajstić information content (AvgIpc) is 3.39. The number of ether oxygens (including phenoxy) is 2. The van der Waals surface area contributed by atoms with Gasteiger partial charge < -0.3 is 14.0 Å². The predicted molar refractivity (Wildman–Crippen MR) is 144 cm³/mol. The van der Waals surface area contributed by atoms with E-state index in [1.165, 1.54) is 10.7 Å². The van der Waals surface area contributed by atoms with Gasteiger partial charge in [-0.15, -0.1) is 0 Å². The van der Waals surface area contributed by atoms with Crippen LogP contribution in [0, 0.1) is 18.7 Å². The molecule has 0 unspecified atom stereocenters. The number of hydrogen-bond acceptors (Lipinski definition) is 5. The van der Waals surface area contributed by atoms with Crippen LogP contribution in [0.2, 0.25) is 0 Å². The van der Waals surface area contributed by atoms with Crippen molar-refractivity contribution in [3.8, 4) is 5.69 Å². The van der Waals surface area contributed by atoms with Crippen molar-refractivity contribution in [2.45, 2.75) is 72.3 Å². The average molecular weight is 520 g/mol. The van der Waals surface area contributed by atoms with Gasteiger partial charge in [0.25, 0.3) is 0 Å². The molecule has 1 saturated carbocycles. The molecule has 2 atom stereocenters. The Morgan fingerprint density at radius 2 is 1.89 bits per heavy atom. The lowest BCUT2D eigenvalue weighted by molar-refractivity contribution is -0.144. The van der Waals surface area contributed by atoms with Gasteiger partial charge in [-0.05, 0) is 88.4 Å². The van der Waals surface area contributed by atoms with Crippen molar-refractivity contribution < 1.29 is 23.5 Å². The van der Waals surface area contributed by atoms with Crippen LogP contribution in [0.15, 0.2) is 36.5 Å². The third-order valence-corrected chi connectivity index (χ3v) is 7.00. The van der Waals surface area contributed by atoms with Gasteiger partial charge in [-0.25, -0.2) is 9.18 Å². The van der Waals surface area contributed by atoms with E-state index in [9.17, 15) is 14.0 Å². The van der Waals surface area contributed by atoms with E-state index in [1.54, 1.807) is 19.2 Å². The minimum Gasteiger partial charge on any atom is -0.466 e. The number of carbonyl (C=O) groups excluding carboxylic acids is 2. The first-order valence-electron chi connectivity index (χ1n) is 13.1. The molecule has 1 aliphatic carbocycles. The fraction of sp³-hybridized carbons (Fsp3) is 0.433. The standard InChI is InChI=1S/C30H34FN3O4/c1-8-37-28(35)21-13-20(21)26-22-14-24-18(15-32-34(24)29(36)38-30(5,6)7)12-25(22)33(27(26)16(2)3)19-9-10-23(31)17(4)11-19/h9-12,14-16,20-21H,8,13H2,1-7H3/t20-,21-/m1/s1. The highest BCUT2D eigenvalue weighted by molar-refractivity contribution is 6.02. The Balaban J connectivity index is 1.78. The molecule has 1 aliphatic rings. The highest BCUT2D eigenvalue weighted by Crippen LogP contribution is 2.54. The normalized spacial score (nSPS) is 17.4. The summed E-state index contributed by atoms with van der Waals surface area (Å²) in [5.74, 6) is -0.565. The molecular weight excluding hydrogens is 485 g/mol. The molecule has 2 heterocycles. The van der Waals surface area contributed by atoms with Crippen molar-refractivity contribution in [2.75, 3.05) is 6.61 Å². The number of hydrogen-bond donors (Lipinski definition) is 0. The molecule has 8 heteroatoms. The summed E-state index contributed by atoms with van der Waals surface area (Å²) in [5.41, 5.74) is 4.40. The van der Waals surface area contributed by atoms with Crippen LogP contribution in [0.1, 0.15) is 76.6 Å². The molecule has 1 fully saturated rings. The van der Waals surface area contributed by atoms with Crippen LogP contribution in [0.4, 0.5) is 9.18 Å². The van der Waals surface area contributed by atoms with E-state index in [1.807, 2.05) is 45.9 Å². The number of esters is 1. The van der Waals surface area contributed by atoms with E-state index in [2.05, 4.69) is 23.5 Å². The summed E-state index contributed by atoms with van der Waals surface area (Å²) in [5, 5.41) is 6.05. The van der Waals surface area contributed by atoms with E-state index in [4.69, 9.17) is 9.47 Å². The summed E-state index contributed by atoms with van der Waals surface area (Å²) < 4.78 is 28.6. The molecule has 0 aliphatic heterocycles. The lowest BCUT2D eigenvalue weighted by Crippen LogP contribution is -2.27. The molecule has 2 aromatic carbocycles. The summed E-state index contributed by atoms with van der Waals surface area (Å²) in [6.07, 6.45) is 1.80. The van der Waals surface area contributed by atoms with Crippen molar-refractivity contribution in [1.82, 2.24) is 14.3 Å². The second-order valence-electron chi connectivity index (χ2n) is 11.4. The molecule has 0 amide bonds. The van der Waals surface area contributed by atoms with Gasteiger partial charge in [0.2, 0.25) is 0 Å². The van der Waals surface area contributed by atoms with Gasteiger partial charge in [-0.2, -0.15) is 9.78 Å². The van der Waals surface area contributed by atoms with Crippen LogP contribution in [-0.2, 0) is 14.3 Å². The van der Waals surface area contributed by atoms with E-state index >= 15 is 0 Å². The highest BCUT2D eigenvalue weighted by Gasteiger charge is 2.48. The Kier molecular flexibility index (Phi) is 6.32. The molecule has 0 radical (unpaired) electrons. The smallest absolute Gasteiger partial charge is 0.435 e. The number of carbonyl (C=O) groups is 2. The highest BCUT2D eigenvalue weighted by atomic mass is 19.1. The minimum absolute atomic E-state index is 0.00732. The van der Waals surface area contributed by atoms with Gasteiger partial charge in [0.1, 0.15) is 11.4 Å². The Morgan fingerprint density at radius 1 is 1.16 bits per heavy atom. The first-order valence-corrected chi connectivity index (χ1v) is 13.1.